The highest BCUT2D eigenvalue weighted by atomic mass is 14.4. The fourth-order valence-electron chi connectivity index (χ4n) is 7.87. The van der Waals surface area contributed by atoms with Gasteiger partial charge in [0.2, 0.25) is 0 Å². The minimum absolute atomic E-state index is 0.356. The van der Waals surface area contributed by atoms with Gasteiger partial charge in [-0.25, -0.2) is 0 Å². The second kappa shape index (κ2) is 8.90. The Labute approximate surface area is 226 Å². The Bertz CT molecular complexity index is 1430. The normalized spacial score (nSPS) is 18.6. The predicted molar refractivity (Wildman–Crippen MR) is 165 cm³/mol. The number of rotatable bonds is 3. The van der Waals surface area contributed by atoms with E-state index in [1.807, 2.05) is 0 Å². The van der Waals surface area contributed by atoms with Crippen molar-refractivity contribution in [3.8, 4) is 0 Å². The molecule has 3 aromatic carbocycles. The smallest absolute Gasteiger partial charge is 0.0781 e. The molecule has 0 aromatic heterocycles. The largest absolute Gasteiger partial charge is 0.199 e. The Kier molecular flexibility index (Phi) is 6.22. The summed E-state index contributed by atoms with van der Waals surface area (Å²) < 4.78 is 0. The average molecular weight is 487 g/mol. The van der Waals surface area contributed by atoms with Crippen LogP contribution < -0.4 is 5.46 Å². The summed E-state index contributed by atoms with van der Waals surface area (Å²) in [6.45, 7) is 28.6. The van der Waals surface area contributed by atoms with Crippen molar-refractivity contribution in [3.63, 3.8) is 0 Å². The van der Waals surface area contributed by atoms with Crippen molar-refractivity contribution in [3.05, 3.63) is 108 Å². The van der Waals surface area contributed by atoms with Crippen LogP contribution in [0, 0.1) is 55.4 Å². The van der Waals surface area contributed by atoms with Crippen molar-refractivity contribution in [2.24, 2.45) is 0 Å². The summed E-state index contributed by atoms with van der Waals surface area (Å²) >= 11 is 0. The zero-order valence-corrected chi connectivity index (χ0v) is 25.1. The van der Waals surface area contributed by atoms with E-state index in [0.29, 0.717) is 18.3 Å². The van der Waals surface area contributed by atoms with Crippen LogP contribution in [0.4, 0.5) is 0 Å². The summed E-state index contributed by atoms with van der Waals surface area (Å²) in [7, 11) is 0. The average Bonchev–Trinajstić information content (AvgIpc) is 3.30. The van der Waals surface area contributed by atoms with Gasteiger partial charge in [-0.2, -0.15) is 0 Å². The van der Waals surface area contributed by atoms with Crippen LogP contribution in [0.1, 0.15) is 106 Å². The highest BCUT2D eigenvalue weighted by Gasteiger charge is 2.47. The standard InChI is InChI=1S/C36H43B/c1-18-20(3)24(7)33-31(22(18)5)26(9)28(11)35(33)37(30-16-14-13-15-17-30)36-29(12)27(10)32-23(6)19(2)21(4)25(8)34(32)36/h13-17,35-36H,1-12H3. The lowest BCUT2D eigenvalue weighted by Crippen LogP contribution is -2.43. The first kappa shape index (κ1) is 25.8. The Balaban J connectivity index is 1.88. The lowest BCUT2D eigenvalue weighted by Gasteiger charge is -2.33. The molecule has 190 valence electrons. The van der Waals surface area contributed by atoms with Crippen molar-refractivity contribution < 1.29 is 0 Å². The molecule has 0 nitrogen and oxygen atoms in total. The molecule has 3 aromatic rings. The second-order valence-electron chi connectivity index (χ2n) is 12.1. The zero-order valence-electron chi connectivity index (χ0n) is 25.1. The third-order valence-corrected chi connectivity index (χ3v) is 10.9. The first-order chi connectivity index (χ1) is 17.4. The van der Waals surface area contributed by atoms with Crippen LogP contribution in [0.3, 0.4) is 0 Å². The first-order valence-electron chi connectivity index (χ1n) is 14.0. The van der Waals surface area contributed by atoms with Gasteiger partial charge in [0.25, 0.3) is 0 Å². The highest BCUT2D eigenvalue weighted by Crippen LogP contribution is 2.54. The van der Waals surface area contributed by atoms with Gasteiger partial charge < -0.3 is 0 Å². The molecular formula is C36H43B. The van der Waals surface area contributed by atoms with Crippen LogP contribution in [-0.2, 0) is 0 Å². The minimum atomic E-state index is 0.356. The monoisotopic (exact) mass is 486 g/mol. The van der Waals surface area contributed by atoms with E-state index < -0.39 is 0 Å². The van der Waals surface area contributed by atoms with E-state index in [-0.39, 0.29) is 0 Å². The van der Waals surface area contributed by atoms with Gasteiger partial charge in [0, 0.05) is 0 Å². The van der Waals surface area contributed by atoms with Gasteiger partial charge in [-0.3, -0.25) is 0 Å². The number of benzene rings is 3. The van der Waals surface area contributed by atoms with E-state index >= 15 is 0 Å². The van der Waals surface area contributed by atoms with Crippen LogP contribution in [0.25, 0.3) is 11.1 Å². The fourth-order valence-corrected chi connectivity index (χ4v) is 7.87. The molecule has 0 heterocycles. The molecule has 0 radical (unpaired) electrons. The van der Waals surface area contributed by atoms with Gasteiger partial charge in [0.15, 0.2) is 6.71 Å². The molecule has 0 aliphatic heterocycles. The maximum absolute atomic E-state index is 2.42. The molecule has 0 amide bonds. The van der Waals surface area contributed by atoms with E-state index in [2.05, 4.69) is 113 Å². The van der Waals surface area contributed by atoms with E-state index in [1.54, 1.807) is 22.3 Å². The summed E-state index contributed by atoms with van der Waals surface area (Å²) in [5.41, 5.74) is 25.5. The fraction of sp³-hybridized carbons (Fsp3) is 0.389. The van der Waals surface area contributed by atoms with Gasteiger partial charge in [-0.15, -0.1) is 0 Å². The molecule has 0 bridgehead atoms. The van der Waals surface area contributed by atoms with Crippen LogP contribution in [0.5, 0.6) is 0 Å². The quantitative estimate of drug-likeness (QED) is 0.324. The van der Waals surface area contributed by atoms with Crippen LogP contribution >= 0.6 is 0 Å². The maximum atomic E-state index is 2.42. The Morgan fingerprint density at radius 1 is 0.432 bits per heavy atom. The van der Waals surface area contributed by atoms with Crippen LogP contribution in [0.2, 0.25) is 0 Å². The Hall–Kier alpha value is -2.80. The molecule has 5 rings (SSSR count). The molecule has 1 heteroatoms. The second-order valence-corrected chi connectivity index (χ2v) is 12.1. The molecule has 0 N–H and O–H groups in total. The Morgan fingerprint density at radius 3 is 1.16 bits per heavy atom. The van der Waals surface area contributed by atoms with Gasteiger partial charge >= 0.3 is 0 Å². The SMILES string of the molecule is CC1=C(C)C(B(c2ccccc2)C2C(C)=C(C)c3c(C)c(C)c(C)c(C)c32)c2c(C)c(C)c(C)c(C)c21. The Morgan fingerprint density at radius 2 is 0.784 bits per heavy atom. The number of fused-ring (bicyclic) bond motifs is 2. The summed E-state index contributed by atoms with van der Waals surface area (Å²) in [6, 6.07) is 11.4. The van der Waals surface area contributed by atoms with Crippen molar-refractivity contribution in [2.45, 2.75) is 94.7 Å². The van der Waals surface area contributed by atoms with Gasteiger partial charge in [-0.05, 0) is 173 Å². The lowest BCUT2D eigenvalue weighted by molar-refractivity contribution is 0.982. The van der Waals surface area contributed by atoms with Crippen molar-refractivity contribution in [2.75, 3.05) is 0 Å². The van der Waals surface area contributed by atoms with Gasteiger partial charge in [0.1, 0.15) is 0 Å². The van der Waals surface area contributed by atoms with Crippen LogP contribution in [-0.4, -0.2) is 6.71 Å². The summed E-state index contributed by atoms with van der Waals surface area (Å²) in [4.78, 5) is 0. The zero-order chi connectivity index (χ0) is 27.1. The minimum Gasteiger partial charge on any atom is -0.0781 e. The van der Waals surface area contributed by atoms with E-state index in [4.69, 9.17) is 0 Å². The molecule has 0 saturated heterocycles. The molecule has 0 spiro atoms. The number of hydrogen-bond acceptors (Lipinski definition) is 0. The van der Waals surface area contributed by atoms with Crippen molar-refractivity contribution in [1.29, 1.82) is 0 Å². The van der Waals surface area contributed by atoms with Crippen molar-refractivity contribution >= 4 is 23.3 Å². The van der Waals surface area contributed by atoms with Crippen molar-refractivity contribution in [1.82, 2.24) is 0 Å². The molecular weight excluding hydrogens is 443 g/mol. The lowest BCUT2D eigenvalue weighted by atomic mass is 9.27. The molecule has 2 unspecified atom stereocenters. The maximum Gasteiger partial charge on any atom is 0.199 e. The molecule has 0 saturated carbocycles. The van der Waals surface area contributed by atoms with Crippen LogP contribution in [0.15, 0.2) is 41.5 Å². The number of hydrogen-bond donors (Lipinski definition) is 0. The summed E-state index contributed by atoms with van der Waals surface area (Å²) in [5, 5.41) is 0. The molecule has 0 fully saturated rings. The number of allylic oxidation sites excluding steroid dienone is 4. The molecule has 2 aliphatic rings. The topological polar surface area (TPSA) is 0 Å². The van der Waals surface area contributed by atoms with Gasteiger partial charge in [-0.1, -0.05) is 46.9 Å². The third-order valence-electron chi connectivity index (χ3n) is 10.9. The predicted octanol–water partition coefficient (Wildman–Crippen LogP) is 9.12. The molecule has 2 atom stereocenters. The summed E-state index contributed by atoms with van der Waals surface area (Å²) in [6.07, 6.45) is 0. The van der Waals surface area contributed by atoms with E-state index in [9.17, 15) is 0 Å². The molecule has 2 aliphatic carbocycles. The highest BCUT2D eigenvalue weighted by molar-refractivity contribution is 6.77. The van der Waals surface area contributed by atoms with E-state index in [1.165, 1.54) is 72.2 Å². The third kappa shape index (κ3) is 3.42. The molecule has 37 heavy (non-hydrogen) atoms. The van der Waals surface area contributed by atoms with E-state index in [0.717, 1.165) is 0 Å². The first-order valence-corrected chi connectivity index (χ1v) is 14.0. The van der Waals surface area contributed by atoms with Gasteiger partial charge in [0.05, 0.1) is 0 Å². The summed E-state index contributed by atoms with van der Waals surface area (Å²) in [5.74, 6) is 0.742.